The Morgan fingerprint density at radius 2 is 0.898 bits per heavy atom. The number of carbonyl (C=O) groups excluding carboxylic acids is 1. The van der Waals surface area contributed by atoms with E-state index in [4.69, 9.17) is 28.4 Å². The second-order valence-electron chi connectivity index (χ2n) is 16.9. The quantitative estimate of drug-likeness (QED) is 0.0294. The van der Waals surface area contributed by atoms with Crippen LogP contribution in [0.5, 0.6) is 0 Å². The Balaban J connectivity index is 1.74. The Kier molecular flexibility index (Phi) is 31.6. The molecule has 2 aliphatic heterocycles. The third kappa shape index (κ3) is 23.3. The van der Waals surface area contributed by atoms with E-state index >= 15 is 0 Å². The molecule has 0 radical (unpaired) electrons. The van der Waals surface area contributed by atoms with Crippen molar-refractivity contribution in [2.75, 3.05) is 33.0 Å². The van der Waals surface area contributed by atoms with E-state index in [1.54, 1.807) is 0 Å². The van der Waals surface area contributed by atoms with Crippen LogP contribution < -0.4 is 0 Å². The summed E-state index contributed by atoms with van der Waals surface area (Å²) in [5, 5.41) is 71.8. The van der Waals surface area contributed by atoms with Crippen LogP contribution in [0, 0.1) is 0 Å². The molecule has 59 heavy (non-hydrogen) atoms. The van der Waals surface area contributed by atoms with Gasteiger partial charge in [-0.2, -0.15) is 0 Å². The van der Waals surface area contributed by atoms with Crippen molar-refractivity contribution in [1.82, 2.24) is 0 Å². The van der Waals surface area contributed by atoms with Gasteiger partial charge in [-0.1, -0.05) is 162 Å². The zero-order valence-electron chi connectivity index (χ0n) is 36.8. The average molecular weight is 851 g/mol. The summed E-state index contributed by atoms with van der Waals surface area (Å²) in [7, 11) is 0. The van der Waals surface area contributed by atoms with Crippen molar-refractivity contribution in [2.45, 2.75) is 248 Å². The number of carbonyl (C=O) groups is 1. The Bertz CT molecular complexity index is 990. The first-order valence-electron chi connectivity index (χ1n) is 23.6. The first-order chi connectivity index (χ1) is 28.6. The number of ether oxygens (including phenoxy) is 6. The van der Waals surface area contributed by atoms with Gasteiger partial charge in [0.15, 0.2) is 12.6 Å². The van der Waals surface area contributed by atoms with Crippen LogP contribution in [-0.4, -0.2) is 142 Å². The molecule has 7 N–H and O–H groups in total. The van der Waals surface area contributed by atoms with Crippen LogP contribution in [0.1, 0.15) is 181 Å². The summed E-state index contributed by atoms with van der Waals surface area (Å²) < 4.78 is 34.1. The largest absolute Gasteiger partial charge is 0.457 e. The molecule has 0 saturated carbocycles. The van der Waals surface area contributed by atoms with Crippen molar-refractivity contribution < 1.29 is 69.0 Å². The van der Waals surface area contributed by atoms with Gasteiger partial charge in [-0.25, -0.2) is 0 Å². The van der Waals surface area contributed by atoms with Crippen molar-refractivity contribution >= 4 is 5.97 Å². The second kappa shape index (κ2) is 34.5. The molecular weight excluding hydrogens is 764 g/mol. The smallest absolute Gasteiger partial charge is 0.306 e. The molecule has 0 amide bonds. The number of hydrogen-bond acceptors (Lipinski definition) is 14. The molecule has 14 heteroatoms. The lowest BCUT2D eigenvalue weighted by Gasteiger charge is -2.42. The third-order valence-corrected chi connectivity index (χ3v) is 11.6. The molecule has 0 aromatic carbocycles. The molecule has 2 fully saturated rings. The number of aliphatic hydroxyl groups is 7. The van der Waals surface area contributed by atoms with Crippen LogP contribution in [-0.2, 0) is 33.2 Å². The molecule has 0 aromatic heterocycles. The summed E-state index contributed by atoms with van der Waals surface area (Å²) in [6.45, 7) is 3.67. The maximum absolute atomic E-state index is 12.9. The highest BCUT2D eigenvalue weighted by molar-refractivity contribution is 5.69. The first kappa shape index (κ1) is 54.1. The van der Waals surface area contributed by atoms with Crippen LogP contribution in [0.15, 0.2) is 0 Å². The van der Waals surface area contributed by atoms with Gasteiger partial charge >= 0.3 is 5.97 Å². The maximum atomic E-state index is 12.9. The van der Waals surface area contributed by atoms with Gasteiger partial charge in [0, 0.05) is 13.0 Å². The molecule has 2 aliphatic rings. The second-order valence-corrected chi connectivity index (χ2v) is 16.9. The lowest BCUT2D eigenvalue weighted by atomic mass is 9.98. The maximum Gasteiger partial charge on any atom is 0.306 e. The minimum Gasteiger partial charge on any atom is -0.457 e. The Morgan fingerprint density at radius 3 is 1.37 bits per heavy atom. The highest BCUT2D eigenvalue weighted by atomic mass is 16.7. The summed E-state index contributed by atoms with van der Waals surface area (Å²) in [5.74, 6) is -0.374. The van der Waals surface area contributed by atoms with Crippen LogP contribution in [0.3, 0.4) is 0 Å². The SMILES string of the molecule is CCCCCCCCCCCCCCCCCCCCC(=O)OC(COCCCCCCCCC)COC1OC(COC2OC(CO)C(O)C(O)C2O)C(O)C(O)C1O. The van der Waals surface area contributed by atoms with Crippen molar-refractivity contribution in [3.05, 3.63) is 0 Å². The number of unbranched alkanes of at least 4 members (excludes halogenated alkanes) is 23. The minimum absolute atomic E-state index is 0.0678. The van der Waals surface area contributed by atoms with Crippen LogP contribution in [0.4, 0.5) is 0 Å². The normalized spacial score (nSPS) is 27.9. The van der Waals surface area contributed by atoms with Gasteiger partial charge in [0.25, 0.3) is 0 Å². The summed E-state index contributed by atoms with van der Waals surface area (Å²) in [5.41, 5.74) is 0. The van der Waals surface area contributed by atoms with Crippen LogP contribution in [0.25, 0.3) is 0 Å². The fourth-order valence-corrected chi connectivity index (χ4v) is 7.70. The van der Waals surface area contributed by atoms with E-state index < -0.39 is 80.7 Å². The Hall–Kier alpha value is -1.01. The highest BCUT2D eigenvalue weighted by Gasteiger charge is 2.47. The van der Waals surface area contributed by atoms with Crippen LogP contribution >= 0.6 is 0 Å². The molecule has 0 spiro atoms. The van der Waals surface area contributed by atoms with E-state index in [0.717, 1.165) is 38.5 Å². The summed E-state index contributed by atoms with van der Waals surface area (Å²) >= 11 is 0. The number of hydrogen-bond donors (Lipinski definition) is 7. The van der Waals surface area contributed by atoms with E-state index in [1.807, 2.05) is 0 Å². The highest BCUT2D eigenvalue weighted by Crippen LogP contribution is 2.26. The molecule has 2 heterocycles. The van der Waals surface area contributed by atoms with Crippen LogP contribution in [0.2, 0.25) is 0 Å². The molecule has 11 unspecified atom stereocenters. The zero-order valence-corrected chi connectivity index (χ0v) is 36.8. The predicted octanol–water partition coefficient (Wildman–Crippen LogP) is 5.74. The van der Waals surface area contributed by atoms with Crippen molar-refractivity contribution in [3.63, 3.8) is 0 Å². The van der Waals surface area contributed by atoms with E-state index in [2.05, 4.69) is 13.8 Å². The Morgan fingerprint density at radius 1 is 0.492 bits per heavy atom. The van der Waals surface area contributed by atoms with Gasteiger partial charge in [-0.05, 0) is 12.8 Å². The predicted molar refractivity (Wildman–Crippen MR) is 224 cm³/mol. The van der Waals surface area contributed by atoms with Gasteiger partial charge in [-0.3, -0.25) is 4.79 Å². The molecule has 14 nitrogen and oxygen atoms in total. The first-order valence-corrected chi connectivity index (χ1v) is 23.6. The van der Waals surface area contributed by atoms with Gasteiger partial charge in [0.2, 0.25) is 0 Å². The van der Waals surface area contributed by atoms with Gasteiger partial charge in [0.05, 0.1) is 26.4 Å². The molecule has 2 saturated heterocycles. The van der Waals surface area contributed by atoms with E-state index in [-0.39, 0.29) is 25.6 Å². The fourth-order valence-electron chi connectivity index (χ4n) is 7.70. The van der Waals surface area contributed by atoms with Crippen molar-refractivity contribution in [1.29, 1.82) is 0 Å². The summed E-state index contributed by atoms with van der Waals surface area (Å²) in [6, 6.07) is 0. The number of aliphatic hydroxyl groups excluding tert-OH is 7. The minimum atomic E-state index is -1.70. The molecule has 2 rings (SSSR count). The van der Waals surface area contributed by atoms with Crippen molar-refractivity contribution in [3.8, 4) is 0 Å². The third-order valence-electron chi connectivity index (χ3n) is 11.6. The Labute approximate surface area is 355 Å². The van der Waals surface area contributed by atoms with Gasteiger partial charge in [0.1, 0.15) is 54.9 Å². The number of rotatable bonds is 37. The standard InChI is InChI=1S/C45H86O14/c1-3-5-7-9-11-12-13-14-15-16-17-18-19-20-21-22-24-26-28-37(47)57-34(31-54-29-27-25-23-10-8-6-4-2)32-55-44-43(53)41(51)39(49)36(59-44)33-56-45-42(52)40(50)38(48)35(30-46)58-45/h34-36,38-46,48-53H,3-33H2,1-2H3. The molecule has 0 bridgehead atoms. The molecule has 11 atom stereocenters. The van der Waals surface area contributed by atoms with Gasteiger partial charge < -0.3 is 64.2 Å². The fraction of sp³-hybridized carbons (Fsp3) is 0.978. The number of esters is 1. The summed E-state index contributed by atoms with van der Waals surface area (Å²) in [4.78, 5) is 12.9. The van der Waals surface area contributed by atoms with Gasteiger partial charge in [-0.15, -0.1) is 0 Å². The molecule has 0 aromatic rings. The molecular formula is C45H86O14. The topological polar surface area (TPSA) is 214 Å². The summed E-state index contributed by atoms with van der Waals surface area (Å²) in [6.07, 6.45) is 14.8. The molecule has 350 valence electrons. The van der Waals surface area contributed by atoms with E-state index in [0.29, 0.717) is 13.0 Å². The lowest BCUT2D eigenvalue weighted by Crippen LogP contribution is -2.61. The lowest BCUT2D eigenvalue weighted by molar-refractivity contribution is -0.332. The van der Waals surface area contributed by atoms with Crippen molar-refractivity contribution in [2.24, 2.45) is 0 Å². The van der Waals surface area contributed by atoms with E-state index in [9.17, 15) is 40.5 Å². The zero-order chi connectivity index (χ0) is 43.1. The average Bonchev–Trinajstić information content (AvgIpc) is 3.23. The molecule has 0 aliphatic carbocycles. The van der Waals surface area contributed by atoms with E-state index in [1.165, 1.54) is 116 Å². The monoisotopic (exact) mass is 851 g/mol.